The molecule has 19 heavy (non-hydrogen) atoms. The molecule has 0 heterocycles. The van der Waals surface area contributed by atoms with E-state index >= 15 is 0 Å². The summed E-state index contributed by atoms with van der Waals surface area (Å²) < 4.78 is 5.54. The van der Waals surface area contributed by atoms with Crippen LogP contribution in [0.5, 0.6) is 5.75 Å². The summed E-state index contributed by atoms with van der Waals surface area (Å²) in [7, 11) is 0. The van der Waals surface area contributed by atoms with Crippen molar-refractivity contribution in [2.75, 3.05) is 26.2 Å². The van der Waals surface area contributed by atoms with Crippen molar-refractivity contribution in [3.8, 4) is 5.75 Å². The Morgan fingerprint density at radius 2 is 2.00 bits per heavy atom. The van der Waals surface area contributed by atoms with Crippen LogP contribution in [0.25, 0.3) is 0 Å². The lowest BCUT2D eigenvalue weighted by Crippen LogP contribution is -3.11. The molecular weight excluding hydrogens is 244 g/mol. The zero-order valence-corrected chi connectivity index (χ0v) is 11.9. The third-order valence-electron chi connectivity index (χ3n) is 3.24. The maximum atomic E-state index is 10.9. The third-order valence-corrected chi connectivity index (χ3v) is 3.24. The van der Waals surface area contributed by atoms with E-state index in [0.717, 1.165) is 31.6 Å². The van der Waals surface area contributed by atoms with Crippen molar-refractivity contribution in [1.82, 2.24) is 0 Å². The Bertz CT molecular complexity index is 417. The number of nitro groups is 1. The van der Waals surface area contributed by atoms with Gasteiger partial charge in [-0.25, -0.2) is 0 Å². The van der Waals surface area contributed by atoms with Crippen LogP contribution >= 0.6 is 0 Å². The third kappa shape index (κ3) is 4.87. The monoisotopic (exact) mass is 267 g/mol. The Balaban J connectivity index is 2.51. The SMILES string of the molecule is CC[NH+](CC)CCCOc1ccc(C)cc1[N+](=O)[O-]. The summed E-state index contributed by atoms with van der Waals surface area (Å²) in [6.45, 7) is 9.90. The van der Waals surface area contributed by atoms with Crippen LogP contribution in [-0.4, -0.2) is 31.2 Å². The second-order valence-corrected chi connectivity index (χ2v) is 4.64. The van der Waals surface area contributed by atoms with Crippen LogP contribution < -0.4 is 9.64 Å². The quantitative estimate of drug-likeness (QED) is 0.442. The normalized spacial score (nSPS) is 10.7. The highest BCUT2D eigenvalue weighted by Crippen LogP contribution is 2.27. The molecule has 1 N–H and O–H groups in total. The number of hydrogen-bond acceptors (Lipinski definition) is 3. The van der Waals surface area contributed by atoms with Crippen LogP contribution in [0.2, 0.25) is 0 Å². The lowest BCUT2D eigenvalue weighted by molar-refractivity contribution is -0.896. The standard InChI is InChI=1S/C14H22N2O3/c1-4-15(5-2)9-6-10-19-14-8-7-12(3)11-13(14)16(17)18/h7-8,11H,4-6,9-10H2,1-3H3/p+1. The second kappa shape index (κ2) is 7.74. The van der Waals surface area contributed by atoms with Gasteiger partial charge in [0.15, 0.2) is 5.75 Å². The molecule has 1 aromatic rings. The van der Waals surface area contributed by atoms with E-state index in [1.54, 1.807) is 12.1 Å². The van der Waals surface area contributed by atoms with Crippen LogP contribution in [0.3, 0.4) is 0 Å². The lowest BCUT2D eigenvalue weighted by atomic mass is 10.2. The summed E-state index contributed by atoms with van der Waals surface area (Å²) >= 11 is 0. The summed E-state index contributed by atoms with van der Waals surface area (Å²) in [5.74, 6) is 0.366. The van der Waals surface area contributed by atoms with Gasteiger partial charge in [0.1, 0.15) is 0 Å². The van der Waals surface area contributed by atoms with Gasteiger partial charge in [0.05, 0.1) is 31.2 Å². The van der Waals surface area contributed by atoms with Gasteiger partial charge < -0.3 is 9.64 Å². The topological polar surface area (TPSA) is 56.8 Å². The van der Waals surface area contributed by atoms with E-state index in [-0.39, 0.29) is 5.69 Å². The summed E-state index contributed by atoms with van der Waals surface area (Å²) in [5, 5.41) is 10.9. The molecular formula is C14H23N2O3+. The largest absolute Gasteiger partial charge is 0.487 e. The molecule has 0 aromatic heterocycles. The van der Waals surface area contributed by atoms with Gasteiger partial charge in [-0.1, -0.05) is 6.07 Å². The number of hydrogen-bond donors (Lipinski definition) is 1. The highest BCUT2D eigenvalue weighted by Gasteiger charge is 2.15. The van der Waals surface area contributed by atoms with Crippen molar-refractivity contribution in [2.24, 2.45) is 0 Å². The minimum absolute atomic E-state index is 0.0511. The predicted octanol–water partition coefficient (Wildman–Crippen LogP) is 1.60. The average molecular weight is 267 g/mol. The Labute approximate surface area is 114 Å². The van der Waals surface area contributed by atoms with Gasteiger partial charge in [0.25, 0.3) is 0 Å². The maximum Gasteiger partial charge on any atom is 0.311 e. The van der Waals surface area contributed by atoms with Crippen molar-refractivity contribution in [2.45, 2.75) is 27.2 Å². The van der Waals surface area contributed by atoms with Crippen LogP contribution in [-0.2, 0) is 0 Å². The highest BCUT2D eigenvalue weighted by atomic mass is 16.6. The molecule has 0 atom stereocenters. The number of ether oxygens (including phenoxy) is 1. The average Bonchev–Trinajstić information content (AvgIpc) is 2.40. The van der Waals surface area contributed by atoms with Gasteiger partial charge in [0.2, 0.25) is 0 Å². The number of quaternary nitrogens is 1. The molecule has 0 amide bonds. The van der Waals surface area contributed by atoms with Gasteiger partial charge in [-0.15, -0.1) is 0 Å². The van der Waals surface area contributed by atoms with Gasteiger partial charge >= 0.3 is 5.69 Å². The Kier molecular flexibility index (Phi) is 6.29. The number of nitro benzene ring substituents is 1. The maximum absolute atomic E-state index is 10.9. The van der Waals surface area contributed by atoms with Crippen molar-refractivity contribution in [3.63, 3.8) is 0 Å². The molecule has 0 aliphatic heterocycles. The molecule has 0 fully saturated rings. The molecule has 0 aliphatic rings. The number of benzene rings is 1. The Morgan fingerprint density at radius 1 is 1.32 bits per heavy atom. The van der Waals surface area contributed by atoms with Gasteiger partial charge in [-0.05, 0) is 32.4 Å². The molecule has 5 heteroatoms. The Morgan fingerprint density at radius 3 is 2.58 bits per heavy atom. The number of nitrogens with one attached hydrogen (secondary N) is 1. The first-order valence-electron chi connectivity index (χ1n) is 6.79. The smallest absolute Gasteiger partial charge is 0.311 e. The first-order chi connectivity index (χ1) is 9.08. The molecule has 1 aromatic carbocycles. The fourth-order valence-corrected chi connectivity index (χ4v) is 2.00. The fourth-order valence-electron chi connectivity index (χ4n) is 2.00. The molecule has 5 nitrogen and oxygen atoms in total. The molecule has 106 valence electrons. The minimum Gasteiger partial charge on any atom is -0.487 e. The van der Waals surface area contributed by atoms with E-state index in [1.807, 2.05) is 13.0 Å². The first-order valence-corrected chi connectivity index (χ1v) is 6.79. The number of aryl methyl sites for hydroxylation is 1. The summed E-state index contributed by atoms with van der Waals surface area (Å²) in [6, 6.07) is 5.06. The van der Waals surface area contributed by atoms with E-state index in [1.165, 1.54) is 4.90 Å². The zero-order valence-electron chi connectivity index (χ0n) is 11.9. The van der Waals surface area contributed by atoms with Crippen molar-refractivity contribution < 1.29 is 14.6 Å². The van der Waals surface area contributed by atoms with Crippen LogP contribution in [0, 0.1) is 17.0 Å². The molecule has 0 spiro atoms. The molecule has 1 rings (SSSR count). The molecule has 0 radical (unpaired) electrons. The van der Waals surface area contributed by atoms with Gasteiger partial charge in [-0.2, -0.15) is 0 Å². The van der Waals surface area contributed by atoms with Crippen molar-refractivity contribution in [3.05, 3.63) is 33.9 Å². The van der Waals surface area contributed by atoms with E-state index < -0.39 is 4.92 Å². The van der Waals surface area contributed by atoms with Crippen LogP contribution in [0.15, 0.2) is 18.2 Å². The minimum atomic E-state index is -0.391. The van der Waals surface area contributed by atoms with Crippen molar-refractivity contribution in [1.29, 1.82) is 0 Å². The molecule has 0 saturated heterocycles. The lowest BCUT2D eigenvalue weighted by Gasteiger charge is -2.15. The summed E-state index contributed by atoms with van der Waals surface area (Å²) in [5.41, 5.74) is 0.918. The van der Waals surface area contributed by atoms with E-state index in [4.69, 9.17) is 4.74 Å². The highest BCUT2D eigenvalue weighted by molar-refractivity contribution is 5.48. The molecule has 0 aliphatic carbocycles. The van der Waals surface area contributed by atoms with Crippen LogP contribution in [0.4, 0.5) is 5.69 Å². The summed E-state index contributed by atoms with van der Waals surface area (Å²) in [6.07, 6.45) is 0.905. The predicted molar refractivity (Wildman–Crippen MR) is 74.9 cm³/mol. The van der Waals surface area contributed by atoms with Crippen molar-refractivity contribution >= 4 is 5.69 Å². The van der Waals surface area contributed by atoms with Crippen LogP contribution in [0.1, 0.15) is 25.8 Å². The zero-order chi connectivity index (χ0) is 14.3. The molecule has 0 unspecified atom stereocenters. The van der Waals surface area contributed by atoms with Gasteiger partial charge in [-0.3, -0.25) is 10.1 Å². The van der Waals surface area contributed by atoms with E-state index in [2.05, 4.69) is 13.8 Å². The molecule has 0 bridgehead atoms. The molecule has 0 saturated carbocycles. The fraction of sp³-hybridized carbons (Fsp3) is 0.571. The number of rotatable bonds is 8. The number of nitrogens with zero attached hydrogens (tertiary/aromatic N) is 1. The van der Waals surface area contributed by atoms with E-state index in [9.17, 15) is 10.1 Å². The van der Waals surface area contributed by atoms with Gasteiger partial charge in [0, 0.05) is 12.5 Å². The van der Waals surface area contributed by atoms with E-state index in [0.29, 0.717) is 12.4 Å². The second-order valence-electron chi connectivity index (χ2n) is 4.64. The Hall–Kier alpha value is -1.62. The first kappa shape index (κ1) is 15.4. The summed E-state index contributed by atoms with van der Waals surface area (Å²) in [4.78, 5) is 12.1.